The lowest BCUT2D eigenvalue weighted by Gasteiger charge is -2.29. The summed E-state index contributed by atoms with van der Waals surface area (Å²) in [6.45, 7) is 3.71. The first kappa shape index (κ1) is 14.6. The van der Waals surface area contributed by atoms with Gasteiger partial charge in [-0.3, -0.25) is 0 Å². The van der Waals surface area contributed by atoms with E-state index in [4.69, 9.17) is 5.53 Å². The largest absolute Gasteiger partial charge is 0.390 e. The quantitative estimate of drug-likeness (QED) is 0.420. The molecule has 108 valence electrons. The zero-order valence-electron chi connectivity index (χ0n) is 11.2. The fraction of sp³-hybridized carbons (Fsp3) is 0.538. The van der Waals surface area contributed by atoms with Crippen LogP contribution in [0.5, 0.6) is 0 Å². The van der Waals surface area contributed by atoms with E-state index in [1.165, 1.54) is 0 Å². The molecule has 1 aliphatic rings. The van der Waals surface area contributed by atoms with E-state index in [1.54, 1.807) is 12.1 Å². The van der Waals surface area contributed by atoms with Crippen LogP contribution < -0.4 is 10.2 Å². The predicted octanol–water partition coefficient (Wildman–Crippen LogP) is 0.801. The Balaban J connectivity index is 2.01. The Morgan fingerprint density at radius 1 is 1.25 bits per heavy atom. The van der Waals surface area contributed by atoms with Crippen LogP contribution >= 0.6 is 0 Å². The first-order valence-electron chi connectivity index (χ1n) is 6.65. The number of aliphatic hydroxyl groups is 2. The third-order valence-corrected chi connectivity index (χ3v) is 3.41. The first-order chi connectivity index (χ1) is 9.72. The SMILES string of the molecule is [N-]=[N+]=NCC(O)C(O)c1ccc(N2CCNCC2)cc1. The Morgan fingerprint density at radius 3 is 2.50 bits per heavy atom. The Hall–Kier alpha value is -1.79. The molecule has 2 atom stereocenters. The summed E-state index contributed by atoms with van der Waals surface area (Å²) >= 11 is 0. The fourth-order valence-electron chi connectivity index (χ4n) is 2.25. The van der Waals surface area contributed by atoms with Crippen molar-refractivity contribution in [2.45, 2.75) is 12.2 Å². The fourth-order valence-corrected chi connectivity index (χ4v) is 2.25. The lowest BCUT2D eigenvalue weighted by molar-refractivity contribution is 0.0244. The van der Waals surface area contributed by atoms with Gasteiger partial charge in [-0.1, -0.05) is 17.2 Å². The number of nitrogens with one attached hydrogen (secondary N) is 1. The standard InChI is InChI=1S/C13H19N5O2/c14-17-16-9-12(19)13(20)10-1-3-11(4-2-10)18-7-5-15-6-8-18/h1-4,12-13,15,19-20H,5-9H2. The molecular weight excluding hydrogens is 258 g/mol. The second-order valence-electron chi connectivity index (χ2n) is 4.75. The van der Waals surface area contributed by atoms with Crippen molar-refractivity contribution in [1.29, 1.82) is 0 Å². The summed E-state index contributed by atoms with van der Waals surface area (Å²) < 4.78 is 0. The van der Waals surface area contributed by atoms with Gasteiger partial charge in [-0.15, -0.1) is 0 Å². The molecule has 20 heavy (non-hydrogen) atoms. The normalized spacial score (nSPS) is 18.2. The maximum atomic E-state index is 9.96. The van der Waals surface area contributed by atoms with Crippen molar-refractivity contribution in [2.24, 2.45) is 5.11 Å². The van der Waals surface area contributed by atoms with E-state index in [9.17, 15) is 10.2 Å². The van der Waals surface area contributed by atoms with Crippen LogP contribution in [0, 0.1) is 0 Å². The van der Waals surface area contributed by atoms with Crippen LogP contribution in [-0.2, 0) is 0 Å². The molecule has 2 rings (SSSR count). The second-order valence-corrected chi connectivity index (χ2v) is 4.75. The number of hydrogen-bond acceptors (Lipinski definition) is 5. The average Bonchev–Trinajstić information content (AvgIpc) is 2.53. The zero-order chi connectivity index (χ0) is 14.4. The van der Waals surface area contributed by atoms with Gasteiger partial charge in [-0.05, 0) is 23.2 Å². The molecule has 7 heteroatoms. The van der Waals surface area contributed by atoms with E-state index in [1.807, 2.05) is 12.1 Å². The zero-order valence-corrected chi connectivity index (χ0v) is 11.2. The predicted molar refractivity (Wildman–Crippen MR) is 76.5 cm³/mol. The summed E-state index contributed by atoms with van der Waals surface area (Å²) in [5.74, 6) is 0. The third-order valence-electron chi connectivity index (χ3n) is 3.41. The summed E-state index contributed by atoms with van der Waals surface area (Å²) in [7, 11) is 0. The number of rotatable bonds is 5. The molecule has 0 spiro atoms. The van der Waals surface area contributed by atoms with Gasteiger partial charge < -0.3 is 20.4 Å². The molecule has 1 heterocycles. The number of anilines is 1. The maximum Gasteiger partial charge on any atom is 0.105 e. The maximum absolute atomic E-state index is 9.96. The van der Waals surface area contributed by atoms with E-state index in [0.717, 1.165) is 31.9 Å². The van der Waals surface area contributed by atoms with Gasteiger partial charge in [0.15, 0.2) is 0 Å². The number of aliphatic hydroxyl groups excluding tert-OH is 2. The average molecular weight is 277 g/mol. The molecule has 0 radical (unpaired) electrons. The molecular formula is C13H19N5O2. The summed E-state index contributed by atoms with van der Waals surface area (Å²) in [5.41, 5.74) is 9.92. The lowest BCUT2D eigenvalue weighted by atomic mass is 10.0. The number of piperazine rings is 1. The van der Waals surface area contributed by atoms with E-state index in [0.29, 0.717) is 5.56 Å². The number of azide groups is 1. The molecule has 1 saturated heterocycles. The topological polar surface area (TPSA) is 104 Å². The highest BCUT2D eigenvalue weighted by Crippen LogP contribution is 2.22. The van der Waals surface area contributed by atoms with Gasteiger partial charge in [0.05, 0.1) is 12.6 Å². The van der Waals surface area contributed by atoms with Gasteiger partial charge in [-0.2, -0.15) is 0 Å². The lowest BCUT2D eigenvalue weighted by Crippen LogP contribution is -2.43. The molecule has 2 unspecified atom stereocenters. The van der Waals surface area contributed by atoms with Crippen LogP contribution in [0.1, 0.15) is 11.7 Å². The molecule has 3 N–H and O–H groups in total. The number of nitrogens with zero attached hydrogens (tertiary/aromatic N) is 4. The monoisotopic (exact) mass is 277 g/mol. The van der Waals surface area contributed by atoms with E-state index in [2.05, 4.69) is 20.2 Å². The van der Waals surface area contributed by atoms with Crippen molar-refractivity contribution in [3.8, 4) is 0 Å². The van der Waals surface area contributed by atoms with Gasteiger partial charge in [0.25, 0.3) is 0 Å². The molecule has 1 fully saturated rings. The highest BCUT2D eigenvalue weighted by atomic mass is 16.3. The minimum atomic E-state index is -1.09. The first-order valence-corrected chi connectivity index (χ1v) is 6.65. The van der Waals surface area contributed by atoms with Crippen molar-refractivity contribution < 1.29 is 10.2 Å². The molecule has 1 aromatic carbocycles. The molecule has 0 aromatic heterocycles. The minimum absolute atomic E-state index is 0.142. The van der Waals surface area contributed by atoms with E-state index in [-0.39, 0.29) is 6.54 Å². The molecule has 7 nitrogen and oxygen atoms in total. The van der Waals surface area contributed by atoms with E-state index < -0.39 is 12.2 Å². The Bertz CT molecular complexity index is 466. The van der Waals surface area contributed by atoms with Crippen molar-refractivity contribution in [3.05, 3.63) is 40.3 Å². The highest BCUT2D eigenvalue weighted by molar-refractivity contribution is 5.48. The molecule has 0 amide bonds. The highest BCUT2D eigenvalue weighted by Gasteiger charge is 2.18. The Kier molecular flexibility index (Phi) is 5.20. The number of hydrogen-bond donors (Lipinski definition) is 3. The van der Waals surface area contributed by atoms with Crippen LogP contribution in [-0.4, -0.2) is 49.0 Å². The van der Waals surface area contributed by atoms with Crippen molar-refractivity contribution in [2.75, 3.05) is 37.6 Å². The Morgan fingerprint density at radius 2 is 1.90 bits per heavy atom. The summed E-state index contributed by atoms with van der Waals surface area (Å²) in [6.07, 6.45) is -2.13. The molecule has 0 aliphatic carbocycles. The smallest absolute Gasteiger partial charge is 0.105 e. The number of benzene rings is 1. The van der Waals surface area contributed by atoms with Gasteiger partial charge in [0, 0.05) is 36.8 Å². The summed E-state index contributed by atoms with van der Waals surface area (Å²) in [4.78, 5) is 4.84. The summed E-state index contributed by atoms with van der Waals surface area (Å²) in [6, 6.07) is 7.46. The minimum Gasteiger partial charge on any atom is -0.390 e. The van der Waals surface area contributed by atoms with Crippen molar-refractivity contribution >= 4 is 5.69 Å². The van der Waals surface area contributed by atoms with Gasteiger partial charge >= 0.3 is 0 Å². The molecule has 1 aromatic rings. The van der Waals surface area contributed by atoms with Gasteiger partial charge in [-0.25, -0.2) is 0 Å². The molecule has 1 aliphatic heterocycles. The Labute approximate surface area is 117 Å². The molecule has 0 saturated carbocycles. The van der Waals surface area contributed by atoms with Crippen molar-refractivity contribution in [1.82, 2.24) is 5.32 Å². The van der Waals surface area contributed by atoms with Crippen LogP contribution in [0.15, 0.2) is 29.4 Å². The van der Waals surface area contributed by atoms with Crippen LogP contribution in [0.4, 0.5) is 5.69 Å². The third kappa shape index (κ3) is 3.61. The van der Waals surface area contributed by atoms with Crippen LogP contribution in [0.3, 0.4) is 0 Å². The van der Waals surface area contributed by atoms with Crippen LogP contribution in [0.25, 0.3) is 10.4 Å². The van der Waals surface area contributed by atoms with E-state index >= 15 is 0 Å². The molecule has 0 bridgehead atoms. The van der Waals surface area contributed by atoms with Gasteiger partial charge in [0.1, 0.15) is 6.10 Å². The summed E-state index contributed by atoms with van der Waals surface area (Å²) in [5, 5.41) is 26.2. The van der Waals surface area contributed by atoms with Crippen molar-refractivity contribution in [3.63, 3.8) is 0 Å². The van der Waals surface area contributed by atoms with Crippen LogP contribution in [0.2, 0.25) is 0 Å². The van der Waals surface area contributed by atoms with Gasteiger partial charge in [0.2, 0.25) is 0 Å². The second kappa shape index (κ2) is 7.12.